The number of thiophene rings is 1. The molecule has 2 rings (SSSR count). The first-order chi connectivity index (χ1) is 9.61. The number of amides is 1. The fourth-order valence-electron chi connectivity index (χ4n) is 1.84. The number of carbonyl (C=O) groups is 1. The molecule has 1 N–H and O–H groups in total. The van der Waals surface area contributed by atoms with Gasteiger partial charge in [0.1, 0.15) is 12.4 Å². The lowest BCUT2D eigenvalue weighted by molar-refractivity contribution is 0.153. The van der Waals surface area contributed by atoms with E-state index in [9.17, 15) is 4.79 Å². The molecule has 6 heteroatoms. The summed E-state index contributed by atoms with van der Waals surface area (Å²) in [6, 6.07) is 3.67. The van der Waals surface area contributed by atoms with Crippen LogP contribution in [0.25, 0.3) is 0 Å². The molecule has 106 valence electrons. The molecule has 0 bridgehead atoms. The Bertz CT molecular complexity index is 597. The van der Waals surface area contributed by atoms with Gasteiger partial charge in [0.25, 0.3) is 0 Å². The van der Waals surface area contributed by atoms with E-state index >= 15 is 0 Å². The van der Waals surface area contributed by atoms with Crippen molar-refractivity contribution in [3.63, 3.8) is 0 Å². The summed E-state index contributed by atoms with van der Waals surface area (Å²) in [4.78, 5) is 15.9. The number of nitrogens with one attached hydrogen (secondary N) is 1. The molecule has 2 aromatic heterocycles. The monoisotopic (exact) mass is 292 g/mol. The number of pyridine rings is 1. The van der Waals surface area contributed by atoms with E-state index in [2.05, 4.69) is 10.3 Å². The zero-order valence-corrected chi connectivity index (χ0v) is 12.4. The minimum atomic E-state index is -0.492. The molecule has 0 saturated heterocycles. The highest BCUT2D eigenvalue weighted by molar-refractivity contribution is 7.14. The van der Waals surface area contributed by atoms with Crippen molar-refractivity contribution in [3.05, 3.63) is 40.5 Å². The van der Waals surface area contributed by atoms with Crippen LogP contribution in [0.3, 0.4) is 0 Å². The van der Waals surface area contributed by atoms with Gasteiger partial charge < -0.3 is 9.47 Å². The molecule has 1 amide bonds. The Balaban J connectivity index is 1.99. The zero-order valence-electron chi connectivity index (χ0n) is 11.6. The number of aryl methyl sites for hydroxylation is 1. The van der Waals surface area contributed by atoms with E-state index in [0.29, 0.717) is 5.69 Å². The van der Waals surface area contributed by atoms with E-state index in [1.54, 1.807) is 13.3 Å². The summed E-state index contributed by atoms with van der Waals surface area (Å²) in [6.45, 7) is 3.93. The second kappa shape index (κ2) is 6.38. The molecule has 0 unspecified atom stereocenters. The van der Waals surface area contributed by atoms with Crippen LogP contribution >= 0.6 is 11.3 Å². The molecular formula is C14H16N2O3S. The van der Waals surface area contributed by atoms with Crippen molar-refractivity contribution in [1.29, 1.82) is 0 Å². The summed E-state index contributed by atoms with van der Waals surface area (Å²) in [5.74, 6) is 0.775. The Morgan fingerprint density at radius 3 is 2.90 bits per heavy atom. The van der Waals surface area contributed by atoms with Crippen molar-refractivity contribution in [2.24, 2.45) is 0 Å². The number of nitrogens with zero attached hydrogens (tertiary/aromatic N) is 1. The fourth-order valence-corrected chi connectivity index (χ4v) is 2.44. The van der Waals surface area contributed by atoms with Crippen LogP contribution in [0.2, 0.25) is 0 Å². The van der Waals surface area contributed by atoms with Crippen molar-refractivity contribution in [2.75, 3.05) is 12.4 Å². The van der Waals surface area contributed by atoms with Crippen LogP contribution in [-0.2, 0) is 11.3 Å². The molecule has 0 aromatic carbocycles. The van der Waals surface area contributed by atoms with Crippen LogP contribution in [0.15, 0.2) is 23.7 Å². The summed E-state index contributed by atoms with van der Waals surface area (Å²) in [6.07, 6.45) is 1.22. The van der Waals surface area contributed by atoms with E-state index in [-0.39, 0.29) is 6.61 Å². The maximum atomic E-state index is 11.6. The highest BCUT2D eigenvalue weighted by atomic mass is 32.1. The SMILES string of the molecule is COc1c(C)cnc(COC(=O)Nc2cccs2)c1C. The van der Waals surface area contributed by atoms with Gasteiger partial charge >= 0.3 is 6.09 Å². The molecule has 0 aliphatic heterocycles. The van der Waals surface area contributed by atoms with Crippen LogP contribution in [0.5, 0.6) is 5.75 Å². The average molecular weight is 292 g/mol. The minimum Gasteiger partial charge on any atom is -0.496 e. The predicted octanol–water partition coefficient (Wildman–Crippen LogP) is 3.52. The number of hydrogen-bond donors (Lipinski definition) is 1. The standard InChI is InChI=1S/C14H16N2O3S/c1-9-7-15-11(10(2)13(9)18-3)8-19-14(17)16-12-5-4-6-20-12/h4-7H,8H2,1-3H3,(H,16,17). The number of ether oxygens (including phenoxy) is 2. The summed E-state index contributed by atoms with van der Waals surface area (Å²) in [7, 11) is 1.61. The van der Waals surface area contributed by atoms with E-state index in [1.165, 1.54) is 11.3 Å². The first-order valence-corrected chi connectivity index (χ1v) is 6.96. The first-order valence-electron chi connectivity index (χ1n) is 6.08. The van der Waals surface area contributed by atoms with E-state index in [4.69, 9.17) is 9.47 Å². The Kier molecular flexibility index (Phi) is 4.57. The molecule has 0 spiro atoms. The maximum Gasteiger partial charge on any atom is 0.412 e. The van der Waals surface area contributed by atoms with Crippen molar-refractivity contribution in [2.45, 2.75) is 20.5 Å². The Morgan fingerprint density at radius 2 is 2.25 bits per heavy atom. The molecule has 0 aliphatic rings. The molecule has 2 heterocycles. The topological polar surface area (TPSA) is 60.5 Å². The zero-order chi connectivity index (χ0) is 14.5. The van der Waals surface area contributed by atoms with Crippen molar-refractivity contribution in [1.82, 2.24) is 4.98 Å². The number of hydrogen-bond acceptors (Lipinski definition) is 5. The summed E-state index contributed by atoms with van der Waals surface area (Å²) >= 11 is 1.44. The van der Waals surface area contributed by atoms with E-state index < -0.39 is 6.09 Å². The predicted molar refractivity (Wildman–Crippen MR) is 78.4 cm³/mol. The molecule has 0 fully saturated rings. The smallest absolute Gasteiger partial charge is 0.412 e. The van der Waals surface area contributed by atoms with Crippen LogP contribution in [0, 0.1) is 13.8 Å². The van der Waals surface area contributed by atoms with Crippen molar-refractivity contribution in [3.8, 4) is 5.75 Å². The largest absolute Gasteiger partial charge is 0.496 e. The van der Waals surface area contributed by atoms with E-state index in [0.717, 1.165) is 21.9 Å². The van der Waals surface area contributed by atoms with E-state index in [1.807, 2.05) is 31.4 Å². The van der Waals surface area contributed by atoms with Crippen LogP contribution < -0.4 is 10.1 Å². The van der Waals surface area contributed by atoms with Gasteiger partial charge in [0.05, 0.1) is 17.8 Å². The average Bonchev–Trinajstić information content (AvgIpc) is 2.91. The lowest BCUT2D eigenvalue weighted by Crippen LogP contribution is -2.14. The Hall–Kier alpha value is -2.08. The molecule has 2 aromatic rings. The van der Waals surface area contributed by atoms with Gasteiger partial charge in [-0.2, -0.15) is 0 Å². The van der Waals surface area contributed by atoms with Crippen LogP contribution in [0.1, 0.15) is 16.8 Å². The first kappa shape index (κ1) is 14.3. The van der Waals surface area contributed by atoms with Gasteiger partial charge in [-0.25, -0.2) is 4.79 Å². The Morgan fingerprint density at radius 1 is 1.45 bits per heavy atom. The maximum absolute atomic E-state index is 11.6. The summed E-state index contributed by atoms with van der Waals surface area (Å²) in [5, 5.41) is 5.28. The molecule has 0 aliphatic carbocycles. The highest BCUT2D eigenvalue weighted by Crippen LogP contribution is 2.24. The summed E-state index contributed by atoms with van der Waals surface area (Å²) in [5.41, 5.74) is 2.53. The van der Waals surface area contributed by atoms with Gasteiger partial charge in [-0.1, -0.05) is 0 Å². The third-order valence-corrected chi connectivity index (χ3v) is 3.62. The second-order valence-electron chi connectivity index (χ2n) is 4.22. The van der Waals surface area contributed by atoms with Gasteiger partial charge in [0.2, 0.25) is 0 Å². The minimum absolute atomic E-state index is 0.111. The number of rotatable bonds is 4. The van der Waals surface area contributed by atoms with Gasteiger partial charge in [0, 0.05) is 17.3 Å². The van der Waals surface area contributed by atoms with Crippen molar-refractivity contribution >= 4 is 22.4 Å². The van der Waals surface area contributed by atoms with Crippen LogP contribution in [-0.4, -0.2) is 18.2 Å². The molecule has 20 heavy (non-hydrogen) atoms. The summed E-state index contributed by atoms with van der Waals surface area (Å²) < 4.78 is 10.5. The number of methoxy groups -OCH3 is 1. The van der Waals surface area contributed by atoms with Gasteiger partial charge in [-0.05, 0) is 31.4 Å². The highest BCUT2D eigenvalue weighted by Gasteiger charge is 2.11. The second-order valence-corrected chi connectivity index (χ2v) is 5.17. The molecule has 0 radical (unpaired) electrons. The number of carbonyl (C=O) groups excluding carboxylic acids is 1. The fraction of sp³-hybridized carbons (Fsp3) is 0.286. The molecule has 0 atom stereocenters. The Labute approximate surface area is 121 Å². The lowest BCUT2D eigenvalue weighted by Gasteiger charge is -2.12. The lowest BCUT2D eigenvalue weighted by atomic mass is 10.1. The molecular weight excluding hydrogens is 276 g/mol. The third kappa shape index (κ3) is 3.27. The number of aromatic nitrogens is 1. The third-order valence-electron chi connectivity index (χ3n) is 2.84. The van der Waals surface area contributed by atoms with Crippen LogP contribution in [0.4, 0.5) is 9.80 Å². The molecule has 0 saturated carbocycles. The number of anilines is 1. The molecule has 5 nitrogen and oxygen atoms in total. The quantitative estimate of drug-likeness (QED) is 0.936. The normalized spacial score (nSPS) is 10.2. The van der Waals surface area contributed by atoms with Gasteiger partial charge in [0.15, 0.2) is 0 Å². The van der Waals surface area contributed by atoms with Gasteiger partial charge in [-0.3, -0.25) is 10.3 Å². The van der Waals surface area contributed by atoms with Crippen molar-refractivity contribution < 1.29 is 14.3 Å². The van der Waals surface area contributed by atoms with Gasteiger partial charge in [-0.15, -0.1) is 11.3 Å².